The molecule has 0 fully saturated rings. The highest BCUT2D eigenvalue weighted by Crippen LogP contribution is 2.16. The van der Waals surface area contributed by atoms with E-state index in [0.717, 1.165) is 11.1 Å². The molecule has 0 unspecified atom stereocenters. The molecule has 0 aromatic carbocycles. The zero-order chi connectivity index (χ0) is 8.55. The highest BCUT2D eigenvalue weighted by molar-refractivity contribution is 5.85. The van der Waals surface area contributed by atoms with E-state index >= 15 is 0 Å². The molecule has 0 radical (unpaired) electrons. The summed E-state index contributed by atoms with van der Waals surface area (Å²) in [5.41, 5.74) is 7.70. The monoisotopic (exact) mass is 197 g/mol. The minimum atomic E-state index is 0. The lowest BCUT2D eigenvalue weighted by molar-refractivity contribution is 0.962. The summed E-state index contributed by atoms with van der Waals surface area (Å²) in [5, 5.41) is 1.16. The highest BCUT2D eigenvalue weighted by Gasteiger charge is 2.01. The van der Waals surface area contributed by atoms with Gasteiger partial charge in [0.2, 0.25) is 0 Å². The van der Waals surface area contributed by atoms with Gasteiger partial charge in [0.25, 0.3) is 0 Å². The van der Waals surface area contributed by atoms with E-state index in [0.29, 0.717) is 6.54 Å². The molecular formula is C9H12ClN3. The first-order valence-electron chi connectivity index (χ1n) is 3.92. The van der Waals surface area contributed by atoms with Gasteiger partial charge >= 0.3 is 0 Å². The Bertz CT molecular complexity index is 408. The Morgan fingerprint density at radius 2 is 2.23 bits per heavy atom. The molecule has 0 amide bonds. The van der Waals surface area contributed by atoms with E-state index in [1.165, 1.54) is 5.52 Å². The van der Waals surface area contributed by atoms with Gasteiger partial charge in [0.15, 0.2) is 0 Å². The molecule has 2 N–H and O–H groups in total. The van der Waals surface area contributed by atoms with Crippen molar-refractivity contribution in [1.82, 2.24) is 9.55 Å². The summed E-state index contributed by atoms with van der Waals surface area (Å²) < 4.78 is 2.07. The first kappa shape index (κ1) is 10.0. The zero-order valence-corrected chi connectivity index (χ0v) is 8.21. The molecule has 13 heavy (non-hydrogen) atoms. The number of pyridine rings is 1. The number of hydrogen-bond acceptors (Lipinski definition) is 2. The molecular weight excluding hydrogens is 186 g/mol. The average molecular weight is 198 g/mol. The summed E-state index contributed by atoms with van der Waals surface area (Å²) >= 11 is 0. The molecule has 0 bridgehead atoms. The van der Waals surface area contributed by atoms with Crippen LogP contribution in [0, 0.1) is 0 Å². The Morgan fingerprint density at radius 1 is 1.46 bits per heavy atom. The standard InChI is InChI=1S/C9H11N3.ClH/c1-12-5-3-7-8(6-10)11-4-2-9(7)12;/h2-5H,6,10H2,1H3;1H. The Balaban J connectivity index is 0.000000845. The Labute approximate surface area is 83.0 Å². The fraction of sp³-hybridized carbons (Fsp3) is 0.222. The maximum atomic E-state index is 5.55. The van der Waals surface area contributed by atoms with Gasteiger partial charge in [-0.15, -0.1) is 12.4 Å². The normalized spacial score (nSPS) is 10.0. The van der Waals surface area contributed by atoms with Crippen LogP contribution in [0.5, 0.6) is 0 Å². The lowest BCUT2D eigenvalue weighted by Crippen LogP contribution is -1.99. The van der Waals surface area contributed by atoms with Gasteiger partial charge < -0.3 is 10.3 Å². The van der Waals surface area contributed by atoms with Gasteiger partial charge in [-0.2, -0.15) is 0 Å². The second-order valence-electron chi connectivity index (χ2n) is 2.82. The molecule has 2 aromatic rings. The van der Waals surface area contributed by atoms with Gasteiger partial charge in [0, 0.05) is 31.4 Å². The summed E-state index contributed by atoms with van der Waals surface area (Å²) in [6.45, 7) is 0.501. The molecule has 2 aromatic heterocycles. The van der Waals surface area contributed by atoms with Crippen molar-refractivity contribution in [3.8, 4) is 0 Å². The summed E-state index contributed by atoms with van der Waals surface area (Å²) in [6.07, 6.45) is 3.82. The topological polar surface area (TPSA) is 43.8 Å². The van der Waals surface area contributed by atoms with Crippen LogP contribution in [0.15, 0.2) is 24.5 Å². The number of fused-ring (bicyclic) bond motifs is 1. The van der Waals surface area contributed by atoms with Crippen LogP contribution in [-0.2, 0) is 13.6 Å². The third kappa shape index (κ3) is 1.53. The van der Waals surface area contributed by atoms with Crippen molar-refractivity contribution >= 4 is 23.3 Å². The molecule has 0 saturated heterocycles. The molecule has 0 saturated carbocycles. The van der Waals surface area contributed by atoms with Gasteiger partial charge in [0.1, 0.15) is 0 Å². The van der Waals surface area contributed by atoms with Gasteiger partial charge in [-0.3, -0.25) is 4.98 Å². The average Bonchev–Trinajstić information content (AvgIpc) is 2.48. The molecule has 2 heterocycles. The number of aryl methyl sites for hydroxylation is 1. The maximum absolute atomic E-state index is 5.55. The third-order valence-electron chi connectivity index (χ3n) is 2.09. The van der Waals surface area contributed by atoms with E-state index in [4.69, 9.17) is 5.73 Å². The van der Waals surface area contributed by atoms with E-state index in [1.54, 1.807) is 6.20 Å². The summed E-state index contributed by atoms with van der Waals surface area (Å²) in [4.78, 5) is 4.20. The molecule has 0 aliphatic rings. The fourth-order valence-corrected chi connectivity index (χ4v) is 1.42. The van der Waals surface area contributed by atoms with E-state index < -0.39 is 0 Å². The first-order chi connectivity index (χ1) is 5.83. The lowest BCUT2D eigenvalue weighted by atomic mass is 10.2. The highest BCUT2D eigenvalue weighted by atomic mass is 35.5. The number of rotatable bonds is 1. The molecule has 0 atom stereocenters. The van der Waals surface area contributed by atoms with Crippen molar-refractivity contribution in [2.24, 2.45) is 12.8 Å². The largest absolute Gasteiger partial charge is 0.350 e. The smallest absolute Gasteiger partial charge is 0.0633 e. The first-order valence-corrected chi connectivity index (χ1v) is 3.92. The van der Waals surface area contributed by atoms with Crippen LogP contribution in [0.2, 0.25) is 0 Å². The SMILES string of the molecule is Cl.Cn1ccc2c(CN)nccc21. The van der Waals surface area contributed by atoms with Crippen molar-refractivity contribution in [2.45, 2.75) is 6.54 Å². The van der Waals surface area contributed by atoms with Crippen molar-refractivity contribution in [1.29, 1.82) is 0 Å². The van der Waals surface area contributed by atoms with Crippen LogP contribution in [0.3, 0.4) is 0 Å². The van der Waals surface area contributed by atoms with E-state index in [1.807, 2.05) is 25.4 Å². The van der Waals surface area contributed by atoms with Crippen molar-refractivity contribution in [3.63, 3.8) is 0 Å². The molecule has 0 spiro atoms. The second-order valence-corrected chi connectivity index (χ2v) is 2.82. The van der Waals surface area contributed by atoms with Crippen LogP contribution in [0.1, 0.15) is 5.69 Å². The minimum absolute atomic E-state index is 0. The number of halogens is 1. The number of aromatic nitrogens is 2. The summed E-state index contributed by atoms with van der Waals surface area (Å²) in [5.74, 6) is 0. The van der Waals surface area contributed by atoms with Gasteiger partial charge in [-0.1, -0.05) is 0 Å². The minimum Gasteiger partial charge on any atom is -0.350 e. The molecule has 0 aliphatic carbocycles. The lowest BCUT2D eigenvalue weighted by Gasteiger charge is -1.99. The second kappa shape index (κ2) is 3.77. The Morgan fingerprint density at radius 3 is 2.92 bits per heavy atom. The molecule has 0 aliphatic heterocycles. The predicted octanol–water partition coefficient (Wildman–Crippen LogP) is 1.45. The molecule has 2 rings (SSSR count). The van der Waals surface area contributed by atoms with Crippen LogP contribution in [-0.4, -0.2) is 9.55 Å². The van der Waals surface area contributed by atoms with E-state index in [9.17, 15) is 0 Å². The predicted molar refractivity (Wildman–Crippen MR) is 55.9 cm³/mol. The molecule has 4 heteroatoms. The van der Waals surface area contributed by atoms with Crippen LogP contribution < -0.4 is 5.73 Å². The summed E-state index contributed by atoms with van der Waals surface area (Å²) in [6, 6.07) is 4.04. The summed E-state index contributed by atoms with van der Waals surface area (Å²) in [7, 11) is 2.02. The molecule has 3 nitrogen and oxygen atoms in total. The van der Waals surface area contributed by atoms with Gasteiger partial charge in [-0.05, 0) is 12.1 Å². The third-order valence-corrected chi connectivity index (χ3v) is 2.09. The van der Waals surface area contributed by atoms with Crippen LogP contribution >= 0.6 is 12.4 Å². The number of nitrogens with two attached hydrogens (primary N) is 1. The zero-order valence-electron chi connectivity index (χ0n) is 7.40. The Kier molecular flexibility index (Phi) is 2.90. The number of hydrogen-bond donors (Lipinski definition) is 1. The van der Waals surface area contributed by atoms with Crippen LogP contribution in [0.4, 0.5) is 0 Å². The van der Waals surface area contributed by atoms with Crippen molar-refractivity contribution in [2.75, 3.05) is 0 Å². The van der Waals surface area contributed by atoms with Crippen molar-refractivity contribution < 1.29 is 0 Å². The van der Waals surface area contributed by atoms with Crippen molar-refractivity contribution in [3.05, 3.63) is 30.2 Å². The Hall–Kier alpha value is -1.06. The van der Waals surface area contributed by atoms with E-state index in [-0.39, 0.29) is 12.4 Å². The fourth-order valence-electron chi connectivity index (χ4n) is 1.42. The quantitative estimate of drug-likeness (QED) is 0.752. The molecule has 70 valence electrons. The number of nitrogens with zero attached hydrogens (tertiary/aromatic N) is 2. The van der Waals surface area contributed by atoms with E-state index in [2.05, 4.69) is 9.55 Å². The van der Waals surface area contributed by atoms with Gasteiger partial charge in [0.05, 0.1) is 11.2 Å². The van der Waals surface area contributed by atoms with Crippen LogP contribution in [0.25, 0.3) is 10.9 Å². The maximum Gasteiger partial charge on any atom is 0.0633 e. The van der Waals surface area contributed by atoms with Gasteiger partial charge in [-0.25, -0.2) is 0 Å².